The molecule has 0 saturated carbocycles. The summed E-state index contributed by atoms with van der Waals surface area (Å²) < 4.78 is 69.1. The van der Waals surface area contributed by atoms with Gasteiger partial charge in [0, 0.05) is 25.0 Å². The minimum absolute atomic E-state index is 0.0750. The highest BCUT2D eigenvalue weighted by Gasteiger charge is 2.51. The van der Waals surface area contributed by atoms with Gasteiger partial charge in [-0.15, -0.1) is 0 Å². The second-order valence-electron chi connectivity index (χ2n) is 9.19. The van der Waals surface area contributed by atoms with E-state index in [1.165, 1.54) is 6.07 Å². The van der Waals surface area contributed by atoms with E-state index in [0.717, 1.165) is 17.9 Å². The van der Waals surface area contributed by atoms with E-state index in [1.54, 1.807) is 23.1 Å². The summed E-state index contributed by atoms with van der Waals surface area (Å²) in [6.45, 7) is 8.85. The molecule has 0 atom stereocenters. The fourth-order valence-corrected chi connectivity index (χ4v) is 5.98. The maximum Gasteiger partial charge on any atom is 0.417 e. The molecule has 12 heteroatoms. The van der Waals surface area contributed by atoms with Crippen molar-refractivity contribution < 1.29 is 36.2 Å². The van der Waals surface area contributed by atoms with Gasteiger partial charge in [0.25, 0.3) is 0 Å². The van der Waals surface area contributed by atoms with Gasteiger partial charge >= 0.3 is 6.18 Å². The molecule has 2 aromatic rings. The smallest absolute Gasteiger partial charge is 0.417 e. The predicted molar refractivity (Wildman–Crippen MR) is 130 cm³/mol. The fourth-order valence-electron chi connectivity index (χ4n) is 5.10. The van der Waals surface area contributed by atoms with Gasteiger partial charge in [-0.1, -0.05) is 12.1 Å². The van der Waals surface area contributed by atoms with Crippen molar-refractivity contribution >= 4 is 27.1 Å². The number of carbonyl (C=O) groups excluding carboxylic acids is 1. The van der Waals surface area contributed by atoms with Crippen LogP contribution in [0.25, 0.3) is 4.85 Å². The van der Waals surface area contributed by atoms with Crippen LogP contribution in [0.15, 0.2) is 41.3 Å². The Kier molecular flexibility index (Phi) is 7.25. The molecule has 37 heavy (non-hydrogen) atoms. The van der Waals surface area contributed by atoms with Gasteiger partial charge in [-0.05, 0) is 55.8 Å². The molecule has 0 bridgehead atoms. The summed E-state index contributed by atoms with van der Waals surface area (Å²) in [4.78, 5) is 19.7. The lowest BCUT2D eigenvalue weighted by Gasteiger charge is -2.38. The zero-order valence-electron chi connectivity index (χ0n) is 20.1. The Balaban J connectivity index is 1.43. The van der Waals surface area contributed by atoms with Crippen molar-refractivity contribution in [1.29, 1.82) is 0 Å². The topological polar surface area (TPSA) is 91.5 Å². The summed E-state index contributed by atoms with van der Waals surface area (Å²) >= 11 is 0. The molecule has 0 radical (unpaired) electrons. The van der Waals surface area contributed by atoms with Crippen LogP contribution in [0.1, 0.15) is 24.0 Å². The molecule has 1 saturated heterocycles. The average Bonchev–Trinajstić information content (AvgIpc) is 3.06. The molecular formula is C25H26F3N3O5S. The molecule has 2 aromatic carbocycles. The lowest BCUT2D eigenvalue weighted by atomic mass is 9.73. The first-order valence-corrected chi connectivity index (χ1v) is 13.5. The number of carbonyl (C=O) groups is 1. The zero-order valence-corrected chi connectivity index (χ0v) is 20.9. The number of β-amino-alcohol motifs (C(OH)–C–C–N with tert-alkyl or cyclic N) is 1. The molecule has 2 heterocycles. The van der Waals surface area contributed by atoms with Crippen LogP contribution in [0.5, 0.6) is 5.75 Å². The van der Waals surface area contributed by atoms with Crippen molar-refractivity contribution in [1.82, 2.24) is 4.90 Å². The third-order valence-corrected chi connectivity index (χ3v) is 8.09. The van der Waals surface area contributed by atoms with Gasteiger partial charge in [-0.25, -0.2) is 13.3 Å². The second kappa shape index (κ2) is 9.96. The molecule has 1 N–H and O–H groups in total. The highest BCUT2D eigenvalue weighted by Crippen LogP contribution is 2.49. The van der Waals surface area contributed by atoms with Crippen LogP contribution >= 0.6 is 0 Å². The SMILES string of the molecule is [C-]#[N+]c1ccc2c(c1)C1(CCN(CCOc3ccc(S(C)(=O)=O)c(C(F)(F)F)c3)CC1)C(=O)N2CCO. The fraction of sp³-hybridized carbons (Fsp3) is 0.440. The molecule has 1 amide bonds. The average molecular weight is 538 g/mol. The van der Waals surface area contributed by atoms with E-state index in [9.17, 15) is 31.5 Å². The summed E-state index contributed by atoms with van der Waals surface area (Å²) in [5.41, 5.74) is -0.113. The number of nitrogens with zero attached hydrogens (tertiary/aromatic N) is 3. The lowest BCUT2D eigenvalue weighted by molar-refractivity contribution is -0.140. The number of hydrogen-bond acceptors (Lipinski definition) is 6. The first kappa shape index (κ1) is 26.9. The lowest BCUT2D eigenvalue weighted by Crippen LogP contribution is -2.49. The first-order chi connectivity index (χ1) is 17.4. The maximum absolute atomic E-state index is 13.4. The number of rotatable bonds is 7. The number of halogens is 3. The Morgan fingerprint density at radius 3 is 2.43 bits per heavy atom. The Bertz CT molecular complexity index is 1350. The highest BCUT2D eigenvalue weighted by molar-refractivity contribution is 7.90. The van der Waals surface area contributed by atoms with Gasteiger partial charge in [0.2, 0.25) is 5.91 Å². The molecule has 1 spiro atoms. The number of benzene rings is 2. The number of aliphatic hydroxyl groups excluding tert-OH is 1. The Morgan fingerprint density at radius 1 is 1.14 bits per heavy atom. The van der Waals surface area contributed by atoms with Gasteiger partial charge < -0.3 is 14.7 Å². The molecule has 8 nitrogen and oxygen atoms in total. The number of hydrogen-bond donors (Lipinski definition) is 1. The summed E-state index contributed by atoms with van der Waals surface area (Å²) in [5, 5.41) is 9.45. The third kappa shape index (κ3) is 5.16. The predicted octanol–water partition coefficient (Wildman–Crippen LogP) is 3.41. The van der Waals surface area contributed by atoms with Crippen LogP contribution < -0.4 is 9.64 Å². The van der Waals surface area contributed by atoms with Gasteiger partial charge in [0.1, 0.15) is 12.4 Å². The largest absolute Gasteiger partial charge is 0.492 e. The summed E-state index contributed by atoms with van der Waals surface area (Å²) in [6.07, 6.45) is -3.15. The minimum atomic E-state index is -4.85. The summed E-state index contributed by atoms with van der Waals surface area (Å²) in [5.74, 6) is -0.181. The van der Waals surface area contributed by atoms with E-state index in [4.69, 9.17) is 11.3 Å². The normalized spacial score (nSPS) is 17.6. The van der Waals surface area contributed by atoms with Gasteiger partial charge in [0.05, 0.1) is 29.1 Å². The molecular weight excluding hydrogens is 511 g/mol. The van der Waals surface area contributed by atoms with Crippen molar-refractivity contribution in [2.24, 2.45) is 0 Å². The van der Waals surface area contributed by atoms with Crippen molar-refractivity contribution in [3.05, 3.63) is 58.9 Å². The second-order valence-corrected chi connectivity index (χ2v) is 11.2. The quantitative estimate of drug-likeness (QED) is 0.545. The standard InChI is InChI=1S/C25H26F3N3O5S/c1-29-17-3-5-21-19(15-17)24(23(33)31(21)11-13-32)7-9-30(10-8-24)12-14-36-18-4-6-22(37(2,34)35)20(16-18)25(26,27)28/h3-6,15-16,32H,7-14H2,2H3. The summed E-state index contributed by atoms with van der Waals surface area (Å²) in [6, 6.07) is 7.94. The van der Waals surface area contributed by atoms with Gasteiger partial charge in [-0.3, -0.25) is 9.69 Å². The number of fused-ring (bicyclic) bond motifs is 2. The monoisotopic (exact) mass is 537 g/mol. The zero-order chi connectivity index (χ0) is 27.0. The third-order valence-electron chi connectivity index (χ3n) is 6.94. The van der Waals surface area contributed by atoms with E-state index in [2.05, 4.69) is 4.85 Å². The maximum atomic E-state index is 13.4. The Hall–Kier alpha value is -3.14. The summed E-state index contributed by atoms with van der Waals surface area (Å²) in [7, 11) is -4.06. The molecule has 198 valence electrons. The van der Waals surface area contributed by atoms with Crippen LogP contribution in [0.3, 0.4) is 0 Å². The number of sulfone groups is 1. The van der Waals surface area contributed by atoms with Crippen LogP contribution in [0.2, 0.25) is 0 Å². The van der Waals surface area contributed by atoms with E-state index in [-0.39, 0.29) is 31.4 Å². The van der Waals surface area contributed by atoms with Crippen molar-refractivity contribution in [3.63, 3.8) is 0 Å². The van der Waals surface area contributed by atoms with Crippen LogP contribution in [-0.4, -0.2) is 70.0 Å². The van der Waals surface area contributed by atoms with Crippen molar-refractivity contribution in [2.75, 3.05) is 50.5 Å². The number of amides is 1. The minimum Gasteiger partial charge on any atom is -0.492 e. The number of aliphatic hydroxyl groups is 1. The van der Waals surface area contributed by atoms with Crippen molar-refractivity contribution in [3.8, 4) is 5.75 Å². The Labute approximate surface area is 213 Å². The number of alkyl halides is 3. The molecule has 1 fully saturated rings. The molecule has 2 aliphatic rings. The van der Waals surface area contributed by atoms with E-state index in [1.807, 2.05) is 4.90 Å². The highest BCUT2D eigenvalue weighted by atomic mass is 32.2. The molecule has 0 aromatic heterocycles. The van der Waals surface area contributed by atoms with Crippen LogP contribution in [0.4, 0.5) is 24.5 Å². The van der Waals surface area contributed by atoms with Gasteiger partial charge in [-0.2, -0.15) is 13.2 Å². The number of likely N-dealkylation sites (tertiary alicyclic amines) is 1. The van der Waals surface area contributed by atoms with E-state index in [0.29, 0.717) is 49.9 Å². The van der Waals surface area contributed by atoms with Crippen molar-refractivity contribution in [2.45, 2.75) is 29.3 Å². The number of ether oxygens (including phenoxy) is 1. The Morgan fingerprint density at radius 2 is 1.84 bits per heavy atom. The number of piperidine rings is 1. The van der Waals surface area contributed by atoms with E-state index >= 15 is 0 Å². The molecule has 4 rings (SSSR count). The van der Waals surface area contributed by atoms with Crippen LogP contribution in [0, 0.1) is 6.57 Å². The molecule has 0 aliphatic carbocycles. The first-order valence-electron chi connectivity index (χ1n) is 11.6. The molecule has 2 aliphatic heterocycles. The number of anilines is 1. The van der Waals surface area contributed by atoms with Crippen LogP contribution in [-0.2, 0) is 26.2 Å². The van der Waals surface area contributed by atoms with E-state index < -0.39 is 31.9 Å². The van der Waals surface area contributed by atoms with Gasteiger partial charge in [0.15, 0.2) is 15.5 Å². The molecule has 0 unspecified atom stereocenters.